The largest absolute Gasteiger partial charge is 0.378 e. The van der Waals surface area contributed by atoms with Gasteiger partial charge in [0.15, 0.2) is 6.10 Å². The van der Waals surface area contributed by atoms with Crippen LogP contribution in [0.4, 0.5) is 11.4 Å². The number of rotatable bonds is 1. The lowest BCUT2D eigenvalue weighted by Crippen LogP contribution is -2.62. The van der Waals surface area contributed by atoms with Crippen LogP contribution in [0.15, 0.2) is 18.2 Å². The van der Waals surface area contributed by atoms with Gasteiger partial charge in [-0.25, -0.2) is 0 Å². The van der Waals surface area contributed by atoms with Gasteiger partial charge in [0.1, 0.15) is 5.54 Å². The van der Waals surface area contributed by atoms with Crippen LogP contribution in [0.3, 0.4) is 0 Å². The Hall–Kier alpha value is -2.08. The van der Waals surface area contributed by atoms with Crippen molar-refractivity contribution in [2.24, 2.45) is 0 Å². The summed E-state index contributed by atoms with van der Waals surface area (Å²) in [4.78, 5) is 27.6. The molecule has 0 saturated carbocycles. The topological polar surface area (TPSA) is 72.9 Å². The van der Waals surface area contributed by atoms with Crippen molar-refractivity contribution in [3.63, 3.8) is 0 Å². The number of hydrogen-bond donors (Lipinski definition) is 2. The van der Waals surface area contributed by atoms with Crippen LogP contribution in [0, 0.1) is 0 Å². The van der Waals surface area contributed by atoms with E-state index in [-0.39, 0.29) is 5.91 Å². The van der Waals surface area contributed by atoms with Crippen molar-refractivity contribution in [3.8, 4) is 0 Å². The third-order valence-corrected chi connectivity index (χ3v) is 4.35. The molecule has 2 aliphatic heterocycles. The number of aliphatic hydroxyl groups is 1. The highest BCUT2D eigenvalue weighted by Gasteiger charge is 2.41. The number of amides is 2. The average molecular weight is 289 g/mol. The Labute approximate surface area is 123 Å². The van der Waals surface area contributed by atoms with Crippen LogP contribution in [0.25, 0.3) is 0 Å². The quantitative estimate of drug-likeness (QED) is 0.799. The molecule has 0 radical (unpaired) electrons. The van der Waals surface area contributed by atoms with Gasteiger partial charge in [0.2, 0.25) is 5.91 Å². The zero-order valence-electron chi connectivity index (χ0n) is 12.4. The fourth-order valence-electron chi connectivity index (χ4n) is 3.07. The van der Waals surface area contributed by atoms with Gasteiger partial charge in [0.25, 0.3) is 5.91 Å². The van der Waals surface area contributed by atoms with Crippen LogP contribution in [-0.2, 0) is 9.59 Å². The van der Waals surface area contributed by atoms with Crippen molar-refractivity contribution in [1.82, 2.24) is 4.90 Å². The van der Waals surface area contributed by atoms with Gasteiger partial charge in [-0.2, -0.15) is 0 Å². The van der Waals surface area contributed by atoms with Gasteiger partial charge in [-0.05, 0) is 26.0 Å². The number of likely N-dealkylation sites (N-methyl/N-ethyl adjacent to an activating group) is 1. The molecule has 1 unspecified atom stereocenters. The first-order valence-corrected chi connectivity index (χ1v) is 6.98. The molecule has 0 spiro atoms. The van der Waals surface area contributed by atoms with E-state index in [1.807, 2.05) is 30.9 Å². The first-order chi connectivity index (χ1) is 9.82. The second kappa shape index (κ2) is 4.46. The Morgan fingerprint density at radius 1 is 1.29 bits per heavy atom. The Bertz CT molecular complexity index is 627. The number of nitrogens with zero attached hydrogens (tertiary/aromatic N) is 2. The molecule has 0 bridgehead atoms. The van der Waals surface area contributed by atoms with Crippen LogP contribution in [0.2, 0.25) is 0 Å². The highest BCUT2D eigenvalue weighted by Crippen LogP contribution is 2.36. The van der Waals surface area contributed by atoms with E-state index < -0.39 is 17.6 Å². The monoisotopic (exact) mass is 289 g/mol. The highest BCUT2D eigenvalue weighted by atomic mass is 16.3. The van der Waals surface area contributed by atoms with Crippen molar-refractivity contribution >= 4 is 23.2 Å². The van der Waals surface area contributed by atoms with Gasteiger partial charge >= 0.3 is 0 Å². The molecule has 2 N–H and O–H groups in total. The van der Waals surface area contributed by atoms with Crippen LogP contribution < -0.4 is 10.2 Å². The lowest BCUT2D eigenvalue weighted by atomic mass is 9.96. The molecule has 6 heteroatoms. The SMILES string of the molecule is CN1CCN(c2ccc3c(c2)NC(=O)C3O)C(C)(C)C1=O. The summed E-state index contributed by atoms with van der Waals surface area (Å²) in [6, 6.07) is 5.42. The predicted molar refractivity (Wildman–Crippen MR) is 79.1 cm³/mol. The van der Waals surface area contributed by atoms with Crippen molar-refractivity contribution in [2.45, 2.75) is 25.5 Å². The maximum Gasteiger partial charge on any atom is 0.257 e. The molecule has 21 heavy (non-hydrogen) atoms. The number of aliphatic hydroxyl groups excluding tert-OH is 1. The summed E-state index contributed by atoms with van der Waals surface area (Å²) in [5.74, 6) is -0.339. The first-order valence-electron chi connectivity index (χ1n) is 6.98. The van der Waals surface area contributed by atoms with Gasteiger partial charge < -0.3 is 20.2 Å². The number of piperazine rings is 1. The molecule has 1 saturated heterocycles. The van der Waals surface area contributed by atoms with E-state index in [9.17, 15) is 14.7 Å². The number of carbonyl (C=O) groups excluding carboxylic acids is 2. The van der Waals surface area contributed by atoms with E-state index in [1.54, 1.807) is 18.0 Å². The van der Waals surface area contributed by atoms with Crippen LogP contribution >= 0.6 is 0 Å². The number of carbonyl (C=O) groups is 2. The fourth-order valence-corrected chi connectivity index (χ4v) is 3.07. The smallest absolute Gasteiger partial charge is 0.257 e. The number of fused-ring (bicyclic) bond motifs is 1. The van der Waals surface area contributed by atoms with Crippen molar-refractivity contribution < 1.29 is 14.7 Å². The maximum absolute atomic E-state index is 12.3. The minimum atomic E-state index is -1.10. The second-order valence-electron chi connectivity index (χ2n) is 6.10. The number of nitrogens with one attached hydrogen (secondary N) is 1. The Balaban J connectivity index is 1.97. The summed E-state index contributed by atoms with van der Waals surface area (Å²) in [6.07, 6.45) is -1.10. The van der Waals surface area contributed by atoms with E-state index in [4.69, 9.17) is 0 Å². The lowest BCUT2D eigenvalue weighted by Gasteiger charge is -2.46. The molecule has 2 amide bonds. The summed E-state index contributed by atoms with van der Waals surface area (Å²) in [7, 11) is 1.81. The van der Waals surface area contributed by atoms with Gasteiger partial charge in [-0.15, -0.1) is 0 Å². The summed E-state index contributed by atoms with van der Waals surface area (Å²) in [6.45, 7) is 5.18. The molecular formula is C15H19N3O3. The van der Waals surface area contributed by atoms with Gasteiger partial charge in [0, 0.05) is 37.1 Å². The normalized spacial score (nSPS) is 24.1. The molecule has 0 aromatic heterocycles. The number of anilines is 2. The maximum atomic E-state index is 12.3. The minimum Gasteiger partial charge on any atom is -0.378 e. The first kappa shape index (κ1) is 13.9. The van der Waals surface area contributed by atoms with Gasteiger partial charge in [-0.1, -0.05) is 6.07 Å². The molecule has 1 atom stereocenters. The van der Waals surface area contributed by atoms with Crippen molar-refractivity contribution in [1.29, 1.82) is 0 Å². The van der Waals surface area contributed by atoms with Gasteiger partial charge in [-0.3, -0.25) is 9.59 Å². The highest BCUT2D eigenvalue weighted by molar-refractivity contribution is 6.02. The van der Waals surface area contributed by atoms with Crippen molar-refractivity contribution in [3.05, 3.63) is 23.8 Å². The number of hydrogen-bond acceptors (Lipinski definition) is 4. The van der Waals surface area contributed by atoms with Crippen LogP contribution in [0.5, 0.6) is 0 Å². The molecule has 1 aromatic carbocycles. The zero-order chi connectivity index (χ0) is 15.4. The zero-order valence-corrected chi connectivity index (χ0v) is 12.4. The van der Waals surface area contributed by atoms with E-state index in [0.29, 0.717) is 17.8 Å². The van der Waals surface area contributed by atoms with Crippen LogP contribution in [0.1, 0.15) is 25.5 Å². The summed E-state index contributed by atoms with van der Waals surface area (Å²) in [5.41, 5.74) is 1.44. The lowest BCUT2D eigenvalue weighted by molar-refractivity contribution is -0.136. The Morgan fingerprint density at radius 2 is 2.00 bits per heavy atom. The van der Waals surface area contributed by atoms with E-state index in [0.717, 1.165) is 12.2 Å². The summed E-state index contributed by atoms with van der Waals surface area (Å²) < 4.78 is 0. The molecule has 3 rings (SSSR count). The minimum absolute atomic E-state index is 0.0679. The second-order valence-corrected chi connectivity index (χ2v) is 6.10. The standard InChI is InChI=1S/C15H19N3O3/c1-15(2)14(21)17(3)6-7-18(15)9-4-5-10-11(8-9)16-13(20)12(10)19/h4-5,8,12,19H,6-7H2,1-3H3,(H,16,20). The molecule has 112 valence electrons. The van der Waals surface area contributed by atoms with Gasteiger partial charge in [0.05, 0.1) is 0 Å². The number of benzene rings is 1. The Kier molecular flexibility index (Phi) is 2.95. The van der Waals surface area contributed by atoms with Crippen LogP contribution in [-0.4, -0.2) is 47.5 Å². The molecule has 6 nitrogen and oxygen atoms in total. The summed E-state index contributed by atoms with van der Waals surface area (Å²) >= 11 is 0. The predicted octanol–water partition coefficient (Wildman–Crippen LogP) is 0.729. The molecule has 2 heterocycles. The molecule has 1 fully saturated rings. The molecule has 2 aliphatic rings. The van der Waals surface area contributed by atoms with E-state index in [2.05, 4.69) is 5.32 Å². The van der Waals surface area contributed by atoms with Crippen molar-refractivity contribution in [2.75, 3.05) is 30.4 Å². The Morgan fingerprint density at radius 3 is 2.71 bits per heavy atom. The third kappa shape index (κ3) is 1.98. The third-order valence-electron chi connectivity index (χ3n) is 4.35. The molecule has 1 aromatic rings. The fraction of sp³-hybridized carbons (Fsp3) is 0.467. The molecule has 0 aliphatic carbocycles. The molecular weight excluding hydrogens is 270 g/mol. The van der Waals surface area contributed by atoms with E-state index in [1.165, 1.54) is 0 Å². The summed E-state index contributed by atoms with van der Waals surface area (Å²) in [5, 5.41) is 12.4. The van der Waals surface area contributed by atoms with E-state index >= 15 is 0 Å². The average Bonchev–Trinajstić information content (AvgIpc) is 2.71.